The van der Waals surface area contributed by atoms with E-state index in [1.54, 1.807) is 18.3 Å². The summed E-state index contributed by atoms with van der Waals surface area (Å²) in [5, 5.41) is 7.53. The van der Waals surface area contributed by atoms with Crippen LogP contribution in [0.5, 0.6) is 11.5 Å². The molecule has 3 aromatic rings. The molecule has 0 atom stereocenters. The summed E-state index contributed by atoms with van der Waals surface area (Å²) >= 11 is 5.17. The van der Waals surface area contributed by atoms with Crippen molar-refractivity contribution in [3.63, 3.8) is 0 Å². The van der Waals surface area contributed by atoms with E-state index in [-0.39, 0.29) is 5.82 Å². The van der Waals surface area contributed by atoms with E-state index in [2.05, 4.69) is 15.8 Å². The van der Waals surface area contributed by atoms with Crippen molar-refractivity contribution < 1.29 is 9.13 Å². The van der Waals surface area contributed by atoms with Crippen molar-refractivity contribution >= 4 is 29.2 Å². The molecule has 0 saturated carbocycles. The Morgan fingerprint density at radius 2 is 1.50 bits per heavy atom. The SMILES string of the molecule is Fc1ccc(Oc2ccc(/C=N/NC(=S)Nc3ccccc3)cc2)cc1. The third-order valence-corrected chi connectivity index (χ3v) is 3.53. The standard InChI is InChI=1S/C20H16FN3OS/c21-16-8-12-19(13-9-16)25-18-10-6-15(7-11-18)14-22-24-20(26)23-17-4-2-1-3-5-17/h1-14H,(H2,23,24,26)/b22-14+. The van der Waals surface area contributed by atoms with Crippen LogP contribution in [0.2, 0.25) is 0 Å². The topological polar surface area (TPSA) is 45.6 Å². The van der Waals surface area contributed by atoms with Crippen LogP contribution in [0.1, 0.15) is 5.56 Å². The number of para-hydroxylation sites is 1. The molecule has 4 nitrogen and oxygen atoms in total. The monoisotopic (exact) mass is 365 g/mol. The van der Waals surface area contributed by atoms with Gasteiger partial charge in [0.05, 0.1) is 6.21 Å². The zero-order chi connectivity index (χ0) is 18.2. The largest absolute Gasteiger partial charge is 0.457 e. The molecule has 0 saturated heterocycles. The van der Waals surface area contributed by atoms with Gasteiger partial charge in [-0.05, 0) is 78.4 Å². The van der Waals surface area contributed by atoms with Gasteiger partial charge >= 0.3 is 0 Å². The highest BCUT2D eigenvalue weighted by Crippen LogP contribution is 2.21. The molecule has 6 heteroatoms. The molecule has 0 bridgehead atoms. The maximum atomic E-state index is 12.9. The fourth-order valence-corrected chi connectivity index (χ4v) is 2.28. The minimum Gasteiger partial charge on any atom is -0.457 e. The van der Waals surface area contributed by atoms with Crippen LogP contribution >= 0.6 is 12.2 Å². The summed E-state index contributed by atoms with van der Waals surface area (Å²) in [5.41, 5.74) is 4.53. The number of halogens is 1. The minimum atomic E-state index is -0.295. The highest BCUT2D eigenvalue weighted by atomic mass is 32.1. The van der Waals surface area contributed by atoms with Crippen LogP contribution in [0.3, 0.4) is 0 Å². The summed E-state index contributed by atoms with van der Waals surface area (Å²) < 4.78 is 18.5. The molecule has 3 aromatic carbocycles. The van der Waals surface area contributed by atoms with Crippen LogP contribution in [0.15, 0.2) is 84.0 Å². The van der Waals surface area contributed by atoms with Gasteiger partial charge in [-0.15, -0.1) is 0 Å². The molecule has 0 heterocycles. The molecule has 130 valence electrons. The van der Waals surface area contributed by atoms with E-state index in [0.29, 0.717) is 16.6 Å². The van der Waals surface area contributed by atoms with Gasteiger partial charge in [0, 0.05) is 5.69 Å². The minimum absolute atomic E-state index is 0.295. The lowest BCUT2D eigenvalue weighted by atomic mass is 10.2. The molecule has 0 aromatic heterocycles. The first-order valence-corrected chi connectivity index (χ1v) is 8.28. The molecule has 0 radical (unpaired) electrons. The smallest absolute Gasteiger partial charge is 0.191 e. The molecule has 0 aliphatic rings. The molecule has 0 amide bonds. The quantitative estimate of drug-likeness (QED) is 0.382. The maximum Gasteiger partial charge on any atom is 0.191 e. The number of nitrogens with zero attached hydrogens (tertiary/aromatic N) is 1. The summed E-state index contributed by atoms with van der Waals surface area (Å²) in [6, 6.07) is 22.8. The van der Waals surface area contributed by atoms with Gasteiger partial charge in [0.25, 0.3) is 0 Å². The Balaban J connectivity index is 1.51. The number of rotatable bonds is 5. The van der Waals surface area contributed by atoms with Gasteiger partial charge in [-0.1, -0.05) is 18.2 Å². The van der Waals surface area contributed by atoms with Gasteiger partial charge in [-0.3, -0.25) is 5.43 Å². The molecule has 0 aliphatic heterocycles. The summed E-state index contributed by atoms with van der Waals surface area (Å²) in [7, 11) is 0. The van der Waals surface area contributed by atoms with Crippen LogP contribution in [0.4, 0.5) is 10.1 Å². The molecule has 0 aliphatic carbocycles. The Labute approximate surface area is 156 Å². The van der Waals surface area contributed by atoms with Crippen LogP contribution in [-0.4, -0.2) is 11.3 Å². The van der Waals surface area contributed by atoms with Crippen molar-refractivity contribution in [3.8, 4) is 11.5 Å². The first-order valence-electron chi connectivity index (χ1n) is 7.88. The van der Waals surface area contributed by atoms with Gasteiger partial charge in [0.1, 0.15) is 17.3 Å². The van der Waals surface area contributed by atoms with Crippen molar-refractivity contribution in [3.05, 3.63) is 90.2 Å². The second-order valence-electron chi connectivity index (χ2n) is 5.32. The first-order chi connectivity index (χ1) is 12.7. The first kappa shape index (κ1) is 17.6. The number of hydrazone groups is 1. The van der Waals surface area contributed by atoms with E-state index in [9.17, 15) is 4.39 Å². The molecule has 0 spiro atoms. The van der Waals surface area contributed by atoms with Crippen molar-refractivity contribution in [2.45, 2.75) is 0 Å². The van der Waals surface area contributed by atoms with Crippen LogP contribution in [0, 0.1) is 5.82 Å². The maximum absolute atomic E-state index is 12.9. The number of ether oxygens (including phenoxy) is 1. The zero-order valence-corrected chi connectivity index (χ0v) is 14.5. The summed E-state index contributed by atoms with van der Waals surface area (Å²) in [6.45, 7) is 0. The lowest BCUT2D eigenvalue weighted by molar-refractivity contribution is 0.480. The van der Waals surface area contributed by atoms with E-state index < -0.39 is 0 Å². The van der Waals surface area contributed by atoms with Gasteiger partial charge in [0.2, 0.25) is 0 Å². The van der Waals surface area contributed by atoms with Gasteiger partial charge in [-0.25, -0.2) is 4.39 Å². The van der Waals surface area contributed by atoms with Crippen LogP contribution in [0.25, 0.3) is 0 Å². The second kappa shape index (κ2) is 8.73. The fourth-order valence-electron chi connectivity index (χ4n) is 2.11. The van der Waals surface area contributed by atoms with E-state index in [1.165, 1.54) is 12.1 Å². The number of thiocarbonyl (C=S) groups is 1. The van der Waals surface area contributed by atoms with Crippen molar-refractivity contribution in [2.24, 2.45) is 5.10 Å². The molecule has 0 fully saturated rings. The predicted molar refractivity (Wildman–Crippen MR) is 106 cm³/mol. The van der Waals surface area contributed by atoms with Gasteiger partial charge < -0.3 is 10.1 Å². The van der Waals surface area contributed by atoms with Gasteiger partial charge in [0.15, 0.2) is 5.11 Å². The molecule has 0 unspecified atom stereocenters. The van der Waals surface area contributed by atoms with E-state index in [0.717, 1.165) is 11.3 Å². The molecular weight excluding hydrogens is 349 g/mol. The Kier molecular flexibility index (Phi) is 5.90. The number of hydrogen-bond donors (Lipinski definition) is 2. The molecular formula is C20H16FN3OS. The number of anilines is 1. The van der Waals surface area contributed by atoms with Crippen molar-refractivity contribution in [2.75, 3.05) is 5.32 Å². The number of hydrogen-bond acceptors (Lipinski definition) is 3. The average molecular weight is 365 g/mol. The Morgan fingerprint density at radius 3 is 2.15 bits per heavy atom. The van der Waals surface area contributed by atoms with Crippen LogP contribution < -0.4 is 15.5 Å². The highest BCUT2D eigenvalue weighted by Gasteiger charge is 1.98. The van der Waals surface area contributed by atoms with Crippen molar-refractivity contribution in [1.29, 1.82) is 0 Å². The fraction of sp³-hybridized carbons (Fsp3) is 0. The summed E-state index contributed by atoms with van der Waals surface area (Å²) in [4.78, 5) is 0. The number of nitrogens with one attached hydrogen (secondary N) is 2. The molecule has 3 rings (SSSR count). The Hall–Kier alpha value is -3.25. The lowest BCUT2D eigenvalue weighted by Crippen LogP contribution is -2.23. The normalized spacial score (nSPS) is 10.5. The van der Waals surface area contributed by atoms with Gasteiger partial charge in [-0.2, -0.15) is 5.10 Å². The van der Waals surface area contributed by atoms with Crippen LogP contribution in [-0.2, 0) is 0 Å². The molecule has 2 N–H and O–H groups in total. The Morgan fingerprint density at radius 1 is 0.885 bits per heavy atom. The highest BCUT2D eigenvalue weighted by molar-refractivity contribution is 7.80. The van der Waals surface area contributed by atoms with Crippen molar-refractivity contribution in [1.82, 2.24) is 5.43 Å². The predicted octanol–water partition coefficient (Wildman–Crippen LogP) is 4.94. The number of benzene rings is 3. The lowest BCUT2D eigenvalue weighted by Gasteiger charge is -2.07. The van der Waals surface area contributed by atoms with E-state index in [1.807, 2.05) is 54.6 Å². The van der Waals surface area contributed by atoms with E-state index >= 15 is 0 Å². The third kappa shape index (κ3) is 5.39. The van der Waals surface area contributed by atoms with E-state index in [4.69, 9.17) is 17.0 Å². The summed E-state index contributed by atoms with van der Waals surface area (Å²) in [5.74, 6) is 0.936. The second-order valence-corrected chi connectivity index (χ2v) is 5.72. The molecule has 26 heavy (non-hydrogen) atoms. The Bertz CT molecular complexity index is 881. The summed E-state index contributed by atoms with van der Waals surface area (Å²) in [6.07, 6.45) is 1.65. The third-order valence-electron chi connectivity index (χ3n) is 3.34. The zero-order valence-electron chi connectivity index (χ0n) is 13.7. The average Bonchev–Trinajstić information content (AvgIpc) is 2.66.